The third kappa shape index (κ3) is 3.72. The lowest BCUT2D eigenvalue weighted by Crippen LogP contribution is -2.31. The largest absolute Gasteiger partial charge is 0.348 e. The summed E-state index contributed by atoms with van der Waals surface area (Å²) in [6.45, 7) is 4.20. The van der Waals surface area contributed by atoms with E-state index in [1.54, 1.807) is 23.5 Å². The van der Waals surface area contributed by atoms with Crippen LogP contribution in [0.5, 0.6) is 0 Å². The van der Waals surface area contributed by atoms with E-state index >= 15 is 0 Å². The minimum Gasteiger partial charge on any atom is -0.348 e. The molecule has 1 fully saturated rings. The Morgan fingerprint density at radius 2 is 2.10 bits per heavy atom. The first-order valence-corrected chi connectivity index (χ1v) is 11.2. The van der Waals surface area contributed by atoms with E-state index in [9.17, 15) is 9.18 Å². The second-order valence-corrected chi connectivity index (χ2v) is 9.68. The lowest BCUT2D eigenvalue weighted by atomic mass is 10.0. The van der Waals surface area contributed by atoms with E-state index in [2.05, 4.69) is 35.2 Å². The maximum absolute atomic E-state index is 13.5. The summed E-state index contributed by atoms with van der Waals surface area (Å²) >= 11 is 1.55. The molecule has 4 aromatic rings. The number of aromatic nitrogens is 2. The van der Waals surface area contributed by atoms with E-state index < -0.39 is 0 Å². The molecular formula is C24H24FN3OS. The quantitative estimate of drug-likeness (QED) is 0.406. The molecule has 1 amide bonds. The van der Waals surface area contributed by atoms with E-state index in [0.29, 0.717) is 18.3 Å². The smallest absolute Gasteiger partial charge is 0.220 e. The molecule has 2 aromatic heterocycles. The van der Waals surface area contributed by atoms with Gasteiger partial charge in [0.15, 0.2) is 0 Å². The molecule has 0 bridgehead atoms. The fraction of sp³-hybridized carbons (Fsp3) is 0.333. The van der Waals surface area contributed by atoms with Gasteiger partial charge in [-0.3, -0.25) is 4.79 Å². The van der Waals surface area contributed by atoms with Gasteiger partial charge >= 0.3 is 0 Å². The summed E-state index contributed by atoms with van der Waals surface area (Å²) in [6, 6.07) is 14.9. The van der Waals surface area contributed by atoms with Gasteiger partial charge in [0.25, 0.3) is 0 Å². The van der Waals surface area contributed by atoms with Crippen molar-refractivity contribution in [1.29, 1.82) is 0 Å². The van der Waals surface area contributed by atoms with E-state index in [1.165, 1.54) is 6.07 Å². The van der Waals surface area contributed by atoms with Crippen LogP contribution in [0.3, 0.4) is 0 Å². The third-order valence-electron chi connectivity index (χ3n) is 5.92. The lowest BCUT2D eigenvalue weighted by molar-refractivity contribution is -0.122. The van der Waals surface area contributed by atoms with Gasteiger partial charge in [-0.1, -0.05) is 32.0 Å². The van der Waals surface area contributed by atoms with Crippen LogP contribution in [0, 0.1) is 17.7 Å². The number of aromatic amines is 1. The molecule has 4 nitrogen and oxygen atoms in total. The first-order chi connectivity index (χ1) is 14.5. The Kier molecular flexibility index (Phi) is 4.82. The second kappa shape index (κ2) is 7.51. The molecule has 0 radical (unpaired) electrons. The predicted octanol–water partition coefficient (Wildman–Crippen LogP) is 5.92. The normalized spacial score (nSPS) is 19.5. The second-order valence-electron chi connectivity index (χ2n) is 8.57. The van der Waals surface area contributed by atoms with Crippen molar-refractivity contribution in [2.75, 3.05) is 0 Å². The van der Waals surface area contributed by atoms with Gasteiger partial charge in [0.2, 0.25) is 5.91 Å². The average Bonchev–Trinajstić information content (AvgIpc) is 3.15. The number of halogens is 1. The van der Waals surface area contributed by atoms with Gasteiger partial charge in [0, 0.05) is 21.9 Å². The zero-order valence-corrected chi connectivity index (χ0v) is 17.8. The molecule has 0 saturated heterocycles. The maximum Gasteiger partial charge on any atom is 0.220 e. The summed E-state index contributed by atoms with van der Waals surface area (Å²) in [5, 5.41) is 4.24. The molecule has 0 aliphatic heterocycles. The summed E-state index contributed by atoms with van der Waals surface area (Å²) < 4.78 is 14.5. The highest BCUT2D eigenvalue weighted by Gasteiger charge is 2.42. The number of H-pyrrole nitrogens is 1. The van der Waals surface area contributed by atoms with Crippen LogP contribution in [0.15, 0.2) is 48.5 Å². The first kappa shape index (κ1) is 19.2. The highest BCUT2D eigenvalue weighted by Crippen LogP contribution is 2.49. The number of nitrogens with zero attached hydrogens (tertiary/aromatic N) is 1. The molecule has 2 heterocycles. The van der Waals surface area contributed by atoms with Crippen molar-refractivity contribution >= 4 is 38.4 Å². The molecule has 30 heavy (non-hydrogen) atoms. The minimum absolute atomic E-state index is 0.0682. The summed E-state index contributed by atoms with van der Waals surface area (Å²) in [5.74, 6) is 1.73. The number of carbonyl (C=O) groups is 1. The summed E-state index contributed by atoms with van der Waals surface area (Å²) in [7, 11) is 0. The number of rotatable bonds is 6. The number of thiophene rings is 1. The summed E-state index contributed by atoms with van der Waals surface area (Å²) in [4.78, 5) is 22.0. The van der Waals surface area contributed by atoms with E-state index in [0.717, 1.165) is 38.2 Å². The van der Waals surface area contributed by atoms with Crippen LogP contribution in [-0.2, 0) is 4.79 Å². The Morgan fingerprint density at radius 1 is 1.27 bits per heavy atom. The van der Waals surface area contributed by atoms with Crippen LogP contribution < -0.4 is 5.32 Å². The molecule has 2 aromatic carbocycles. The van der Waals surface area contributed by atoms with Gasteiger partial charge in [-0.15, -0.1) is 11.3 Å². The molecule has 1 aliphatic rings. The zero-order valence-electron chi connectivity index (χ0n) is 17.0. The molecule has 154 valence electrons. The van der Waals surface area contributed by atoms with Crippen molar-refractivity contribution in [3.8, 4) is 0 Å². The minimum atomic E-state index is -0.230. The topological polar surface area (TPSA) is 57.8 Å². The van der Waals surface area contributed by atoms with Gasteiger partial charge in [0.05, 0.1) is 17.1 Å². The van der Waals surface area contributed by atoms with Crippen molar-refractivity contribution in [3.05, 3.63) is 65.0 Å². The molecule has 3 atom stereocenters. The molecule has 0 spiro atoms. The Morgan fingerprint density at radius 3 is 2.90 bits per heavy atom. The number of nitrogens with one attached hydrogen (secondary N) is 2. The molecule has 0 unspecified atom stereocenters. The van der Waals surface area contributed by atoms with E-state index in [1.807, 2.05) is 24.3 Å². The first-order valence-electron chi connectivity index (χ1n) is 10.4. The van der Waals surface area contributed by atoms with Gasteiger partial charge in [0.1, 0.15) is 11.6 Å². The zero-order chi connectivity index (χ0) is 20.8. The summed E-state index contributed by atoms with van der Waals surface area (Å²) in [5.41, 5.74) is 2.02. The van der Waals surface area contributed by atoms with Crippen molar-refractivity contribution in [2.45, 2.75) is 38.6 Å². The Bertz CT molecular complexity index is 1190. The van der Waals surface area contributed by atoms with Crippen molar-refractivity contribution in [1.82, 2.24) is 15.3 Å². The Labute approximate surface area is 178 Å². The highest BCUT2D eigenvalue weighted by molar-refractivity contribution is 7.19. The standard InChI is InChI=1S/C24H24FN3OS/c1-13(2)23(21-10-14-7-8-16(25)12-20(14)30-21)28-22(29)11-15-9-17(15)24-26-18-5-3-4-6-19(18)27-24/h3-8,10,12-13,15,17,23H,9,11H2,1-2H3,(H,26,27)(H,28,29)/t15-,17-,23+/m0/s1. The van der Waals surface area contributed by atoms with Crippen LogP contribution >= 0.6 is 11.3 Å². The number of hydrogen-bond donors (Lipinski definition) is 2. The van der Waals surface area contributed by atoms with Crippen LogP contribution in [0.25, 0.3) is 21.1 Å². The maximum atomic E-state index is 13.5. The van der Waals surface area contributed by atoms with Crippen molar-refractivity contribution < 1.29 is 9.18 Å². The van der Waals surface area contributed by atoms with Crippen LogP contribution in [0.4, 0.5) is 4.39 Å². The Balaban J connectivity index is 1.26. The van der Waals surface area contributed by atoms with Gasteiger partial charge in [-0.2, -0.15) is 0 Å². The molecule has 5 rings (SSSR count). The lowest BCUT2D eigenvalue weighted by Gasteiger charge is -2.21. The number of fused-ring (bicyclic) bond motifs is 2. The number of imidazole rings is 1. The number of benzene rings is 2. The van der Waals surface area contributed by atoms with Crippen LogP contribution in [0.2, 0.25) is 0 Å². The van der Waals surface area contributed by atoms with Crippen LogP contribution in [0.1, 0.15) is 49.4 Å². The molecule has 2 N–H and O–H groups in total. The van der Waals surface area contributed by atoms with Gasteiger partial charge < -0.3 is 10.3 Å². The number of para-hydroxylation sites is 2. The third-order valence-corrected chi connectivity index (χ3v) is 7.10. The number of carbonyl (C=O) groups excluding carboxylic acids is 1. The van der Waals surface area contributed by atoms with Gasteiger partial charge in [-0.05, 0) is 54.0 Å². The number of hydrogen-bond acceptors (Lipinski definition) is 3. The van der Waals surface area contributed by atoms with E-state index in [-0.39, 0.29) is 23.7 Å². The highest BCUT2D eigenvalue weighted by atomic mass is 32.1. The van der Waals surface area contributed by atoms with Crippen LogP contribution in [-0.4, -0.2) is 15.9 Å². The van der Waals surface area contributed by atoms with Crippen molar-refractivity contribution in [3.63, 3.8) is 0 Å². The van der Waals surface area contributed by atoms with E-state index in [4.69, 9.17) is 0 Å². The molecule has 1 saturated carbocycles. The summed E-state index contributed by atoms with van der Waals surface area (Å²) in [6.07, 6.45) is 1.49. The molecule has 1 aliphatic carbocycles. The monoisotopic (exact) mass is 421 g/mol. The predicted molar refractivity (Wildman–Crippen MR) is 119 cm³/mol. The Hall–Kier alpha value is -2.73. The fourth-order valence-electron chi connectivity index (χ4n) is 4.17. The fourth-order valence-corrected chi connectivity index (χ4v) is 5.49. The average molecular weight is 422 g/mol. The molecular weight excluding hydrogens is 397 g/mol. The van der Waals surface area contributed by atoms with Gasteiger partial charge in [-0.25, -0.2) is 9.37 Å². The SMILES string of the molecule is CC(C)[C@@H](NC(=O)C[C@@H]1C[C@@H]1c1nc2ccccc2[nH]1)c1cc2ccc(F)cc2s1. The molecule has 6 heteroatoms. The number of amides is 1. The van der Waals surface area contributed by atoms with Crippen molar-refractivity contribution in [2.24, 2.45) is 11.8 Å².